The molecule has 1 saturated heterocycles. The van der Waals surface area contributed by atoms with E-state index < -0.39 is 5.76 Å². The van der Waals surface area contributed by atoms with Crippen molar-refractivity contribution in [1.29, 1.82) is 0 Å². The Bertz CT molecular complexity index is 988. The summed E-state index contributed by atoms with van der Waals surface area (Å²) in [6, 6.07) is 7.14. The topological polar surface area (TPSA) is 87.4 Å². The molecular weight excluding hydrogens is 334 g/mol. The number of carbonyl (C=O) groups excluding carboxylic acids is 1. The Morgan fingerprint density at radius 1 is 1.19 bits per heavy atom. The zero-order chi connectivity index (χ0) is 18.3. The van der Waals surface area contributed by atoms with Gasteiger partial charge in [-0.3, -0.25) is 14.5 Å². The van der Waals surface area contributed by atoms with E-state index in [0.717, 1.165) is 30.2 Å². The molecule has 26 heavy (non-hydrogen) atoms. The van der Waals surface area contributed by atoms with Gasteiger partial charge in [0.1, 0.15) is 6.54 Å². The van der Waals surface area contributed by atoms with Crippen molar-refractivity contribution < 1.29 is 9.21 Å². The number of piperazine rings is 1. The van der Waals surface area contributed by atoms with E-state index >= 15 is 0 Å². The van der Waals surface area contributed by atoms with Gasteiger partial charge in [-0.05, 0) is 26.0 Å². The summed E-state index contributed by atoms with van der Waals surface area (Å²) in [5.41, 5.74) is 4.28. The summed E-state index contributed by atoms with van der Waals surface area (Å²) >= 11 is 0. The maximum atomic E-state index is 12.7. The van der Waals surface area contributed by atoms with Crippen LogP contribution >= 0.6 is 0 Å². The van der Waals surface area contributed by atoms with Crippen LogP contribution in [-0.4, -0.2) is 51.8 Å². The molecule has 2 aromatic heterocycles. The highest BCUT2D eigenvalue weighted by atomic mass is 16.4. The zero-order valence-electron chi connectivity index (χ0n) is 14.9. The highest BCUT2D eigenvalue weighted by Crippen LogP contribution is 2.23. The third-order valence-corrected chi connectivity index (χ3v) is 4.90. The summed E-state index contributed by atoms with van der Waals surface area (Å²) in [5.74, 6) is -0.568. The van der Waals surface area contributed by atoms with Gasteiger partial charge in [-0.25, -0.2) is 4.79 Å². The smallest absolute Gasteiger partial charge is 0.408 e. The normalized spacial score (nSPS) is 15.0. The van der Waals surface area contributed by atoms with Crippen molar-refractivity contribution in [1.82, 2.24) is 19.7 Å². The Labute approximate surface area is 150 Å². The second kappa shape index (κ2) is 6.36. The third kappa shape index (κ3) is 2.77. The van der Waals surface area contributed by atoms with Crippen molar-refractivity contribution in [3.63, 3.8) is 0 Å². The van der Waals surface area contributed by atoms with Crippen LogP contribution in [0.1, 0.15) is 11.4 Å². The van der Waals surface area contributed by atoms with Crippen LogP contribution in [0.25, 0.3) is 11.1 Å². The summed E-state index contributed by atoms with van der Waals surface area (Å²) in [5, 5.41) is 7.24. The number of nitrogens with one attached hydrogen (secondary N) is 1. The number of amides is 1. The van der Waals surface area contributed by atoms with Crippen molar-refractivity contribution in [3.8, 4) is 0 Å². The van der Waals surface area contributed by atoms with Crippen LogP contribution in [0, 0.1) is 13.8 Å². The Kier molecular flexibility index (Phi) is 4.02. The molecule has 1 amide bonds. The van der Waals surface area contributed by atoms with Gasteiger partial charge in [0.2, 0.25) is 5.91 Å². The number of hydrogen-bond acceptors (Lipinski definition) is 5. The number of para-hydroxylation sites is 2. The maximum Gasteiger partial charge on any atom is 0.420 e. The molecule has 1 aliphatic rings. The van der Waals surface area contributed by atoms with Gasteiger partial charge in [-0.15, -0.1) is 0 Å². The number of benzene rings is 1. The zero-order valence-corrected chi connectivity index (χ0v) is 14.9. The van der Waals surface area contributed by atoms with Gasteiger partial charge in [0.15, 0.2) is 5.58 Å². The van der Waals surface area contributed by atoms with E-state index in [1.807, 2.05) is 19.9 Å². The molecule has 0 saturated carbocycles. The number of aromatic amines is 1. The van der Waals surface area contributed by atoms with Crippen LogP contribution in [0.2, 0.25) is 0 Å². The number of fused-ring (bicyclic) bond motifs is 1. The van der Waals surface area contributed by atoms with Gasteiger partial charge in [0.05, 0.1) is 22.6 Å². The maximum absolute atomic E-state index is 12.7. The second-order valence-corrected chi connectivity index (χ2v) is 6.57. The number of rotatable bonds is 3. The van der Waals surface area contributed by atoms with E-state index in [1.165, 1.54) is 4.57 Å². The molecule has 0 spiro atoms. The number of aryl methyl sites for hydroxylation is 2. The number of carbonyl (C=O) groups is 1. The lowest BCUT2D eigenvalue weighted by Gasteiger charge is -2.36. The fourth-order valence-electron chi connectivity index (χ4n) is 3.59. The monoisotopic (exact) mass is 355 g/mol. The molecule has 4 rings (SSSR count). The van der Waals surface area contributed by atoms with Crippen LogP contribution < -0.4 is 10.7 Å². The minimum absolute atomic E-state index is 0.000384. The lowest BCUT2D eigenvalue weighted by atomic mass is 10.2. The Hall–Kier alpha value is -3.03. The molecule has 1 fully saturated rings. The standard InChI is InChI=1S/C18H21N5O3/c1-12-17(13(2)20-19-12)22-9-7-21(8-10-22)16(24)11-23-14-5-3-4-6-15(14)26-18(23)25/h3-6H,7-11H2,1-2H3,(H,19,20). The van der Waals surface area contributed by atoms with Gasteiger partial charge in [-0.1, -0.05) is 12.1 Å². The number of anilines is 1. The molecule has 0 bridgehead atoms. The molecule has 3 heterocycles. The van der Waals surface area contributed by atoms with Crippen molar-refractivity contribution in [3.05, 3.63) is 46.2 Å². The minimum atomic E-state index is -0.497. The summed E-state index contributed by atoms with van der Waals surface area (Å²) in [4.78, 5) is 28.8. The van der Waals surface area contributed by atoms with Crippen LogP contribution in [0.5, 0.6) is 0 Å². The van der Waals surface area contributed by atoms with E-state index in [4.69, 9.17) is 4.42 Å². The predicted octanol–water partition coefficient (Wildman–Crippen LogP) is 1.28. The first-order valence-corrected chi connectivity index (χ1v) is 8.67. The molecule has 0 radical (unpaired) electrons. The molecule has 136 valence electrons. The molecule has 8 nitrogen and oxygen atoms in total. The molecule has 0 unspecified atom stereocenters. The van der Waals surface area contributed by atoms with Gasteiger partial charge in [-0.2, -0.15) is 5.10 Å². The van der Waals surface area contributed by atoms with Crippen LogP contribution in [0.15, 0.2) is 33.5 Å². The molecule has 3 aromatic rings. The fourth-order valence-corrected chi connectivity index (χ4v) is 3.59. The first-order chi connectivity index (χ1) is 12.5. The molecule has 0 aliphatic carbocycles. The van der Waals surface area contributed by atoms with E-state index in [9.17, 15) is 9.59 Å². The molecule has 8 heteroatoms. The van der Waals surface area contributed by atoms with Gasteiger partial charge in [0.25, 0.3) is 0 Å². The largest absolute Gasteiger partial charge is 0.420 e. The Morgan fingerprint density at radius 2 is 1.92 bits per heavy atom. The number of aromatic nitrogens is 3. The summed E-state index contributed by atoms with van der Waals surface area (Å²) < 4.78 is 6.59. The number of H-pyrrole nitrogens is 1. The lowest BCUT2D eigenvalue weighted by Crippen LogP contribution is -2.50. The first-order valence-electron chi connectivity index (χ1n) is 8.67. The van der Waals surface area contributed by atoms with Gasteiger partial charge >= 0.3 is 5.76 Å². The molecule has 1 aliphatic heterocycles. The average Bonchev–Trinajstić information content (AvgIpc) is 3.14. The predicted molar refractivity (Wildman–Crippen MR) is 97.3 cm³/mol. The van der Waals surface area contributed by atoms with Gasteiger partial charge < -0.3 is 14.2 Å². The van der Waals surface area contributed by atoms with Crippen LogP contribution in [-0.2, 0) is 11.3 Å². The van der Waals surface area contributed by atoms with E-state index in [-0.39, 0.29) is 12.5 Å². The summed E-state index contributed by atoms with van der Waals surface area (Å²) in [6.45, 7) is 6.71. The quantitative estimate of drug-likeness (QED) is 0.765. The second-order valence-electron chi connectivity index (χ2n) is 6.57. The Balaban J connectivity index is 1.45. The average molecular weight is 355 g/mol. The highest BCUT2D eigenvalue weighted by Gasteiger charge is 2.25. The van der Waals surface area contributed by atoms with E-state index in [2.05, 4.69) is 15.1 Å². The molecule has 1 aromatic carbocycles. The van der Waals surface area contributed by atoms with E-state index in [1.54, 1.807) is 23.1 Å². The number of hydrogen-bond donors (Lipinski definition) is 1. The highest BCUT2D eigenvalue weighted by molar-refractivity contribution is 5.80. The number of oxazole rings is 1. The lowest BCUT2D eigenvalue weighted by molar-refractivity contribution is -0.132. The Morgan fingerprint density at radius 3 is 2.62 bits per heavy atom. The van der Waals surface area contributed by atoms with E-state index in [0.29, 0.717) is 24.2 Å². The van der Waals surface area contributed by atoms with Crippen molar-refractivity contribution in [2.24, 2.45) is 0 Å². The summed E-state index contributed by atoms with van der Waals surface area (Å²) in [7, 11) is 0. The minimum Gasteiger partial charge on any atom is -0.408 e. The first kappa shape index (κ1) is 16.4. The fraction of sp³-hybridized carbons (Fsp3) is 0.389. The van der Waals surface area contributed by atoms with Crippen LogP contribution in [0.3, 0.4) is 0 Å². The number of nitrogens with zero attached hydrogens (tertiary/aromatic N) is 4. The third-order valence-electron chi connectivity index (χ3n) is 4.90. The molecule has 1 N–H and O–H groups in total. The van der Waals surface area contributed by atoms with Crippen LogP contribution in [0.4, 0.5) is 5.69 Å². The van der Waals surface area contributed by atoms with Crippen molar-refractivity contribution in [2.75, 3.05) is 31.1 Å². The summed E-state index contributed by atoms with van der Waals surface area (Å²) in [6.07, 6.45) is 0. The molecular formula is C18H21N5O3. The molecule has 0 atom stereocenters. The van der Waals surface area contributed by atoms with Gasteiger partial charge in [0, 0.05) is 26.2 Å². The van der Waals surface area contributed by atoms with Crippen molar-refractivity contribution >= 4 is 22.7 Å². The SMILES string of the molecule is Cc1n[nH]c(C)c1N1CCN(C(=O)Cn2c(=O)oc3ccccc32)CC1. The van der Waals surface area contributed by atoms with Crippen molar-refractivity contribution in [2.45, 2.75) is 20.4 Å².